The van der Waals surface area contributed by atoms with Crippen molar-refractivity contribution >= 4 is 65.3 Å². The lowest BCUT2D eigenvalue weighted by molar-refractivity contribution is 0.101. The first-order valence-electron chi connectivity index (χ1n) is 10.3. The van der Waals surface area contributed by atoms with Gasteiger partial charge in [0.25, 0.3) is 0 Å². The monoisotopic (exact) mass is 656 g/mol. The number of benzene rings is 2. The van der Waals surface area contributed by atoms with Crippen molar-refractivity contribution < 1.29 is 22.0 Å². The summed E-state index contributed by atoms with van der Waals surface area (Å²) in [6, 6.07) is 8.90. The highest BCUT2D eigenvalue weighted by Gasteiger charge is 2.20. The summed E-state index contributed by atoms with van der Waals surface area (Å²) in [4.78, 5) is 10.8. The van der Waals surface area contributed by atoms with E-state index in [1.807, 2.05) is 41.5 Å². The van der Waals surface area contributed by atoms with Crippen LogP contribution in [0.3, 0.4) is 0 Å². The van der Waals surface area contributed by atoms with Gasteiger partial charge in [0.05, 0.1) is 31.8 Å². The Bertz CT molecular complexity index is 1110. The molecule has 2 aromatic carbocycles. The third kappa shape index (κ3) is 13.1. The summed E-state index contributed by atoms with van der Waals surface area (Å²) in [5.74, 6) is -1.09. The van der Waals surface area contributed by atoms with Crippen molar-refractivity contribution in [2.24, 2.45) is 9.54 Å². The summed E-state index contributed by atoms with van der Waals surface area (Å²) in [5.41, 5.74) is 0.938. The number of rotatable bonds is 3. The fourth-order valence-corrected chi connectivity index (χ4v) is 3.20. The molecule has 0 bridgehead atoms. The molecule has 11 heteroatoms. The maximum atomic E-state index is 13.6. The van der Waals surface area contributed by atoms with Gasteiger partial charge in [-0.1, -0.05) is 31.9 Å². The fraction of sp³-hybridized carbons (Fsp3) is 0.417. The predicted octanol–water partition coefficient (Wildman–Crippen LogP) is 7.06. The Morgan fingerprint density at radius 2 is 1.20 bits per heavy atom. The molecule has 2 rings (SSSR count). The van der Waals surface area contributed by atoms with E-state index in [9.17, 15) is 22.0 Å². The van der Waals surface area contributed by atoms with Crippen LogP contribution in [-0.2, 0) is 22.0 Å². The number of hydrogen-bond acceptors (Lipinski definition) is 3. The van der Waals surface area contributed by atoms with E-state index in [0.29, 0.717) is 15.7 Å². The minimum atomic E-state index is -1.38. The summed E-state index contributed by atoms with van der Waals surface area (Å²) >= 11 is 6.42. The number of ketones is 1. The lowest BCUT2D eigenvalue weighted by Gasteiger charge is -2.14. The molecule has 2 aromatic rings. The number of Topliss-reactive ketones (excluding diaryl/α,β-unsaturated/α-hetero) is 1. The molecule has 0 aliphatic carbocycles. The molecule has 0 fully saturated rings. The number of nitrogens with zero attached hydrogens (tertiary/aromatic N) is 1. The van der Waals surface area contributed by atoms with E-state index >= 15 is 0 Å². The van der Waals surface area contributed by atoms with E-state index in [4.69, 9.17) is 5.14 Å². The van der Waals surface area contributed by atoms with E-state index in [1.54, 1.807) is 25.1 Å². The van der Waals surface area contributed by atoms with Crippen molar-refractivity contribution in [3.8, 4) is 0 Å². The first kappa shape index (κ1) is 33.9. The van der Waals surface area contributed by atoms with Crippen LogP contribution in [0.4, 0.5) is 8.78 Å². The van der Waals surface area contributed by atoms with Crippen LogP contribution in [-0.4, -0.2) is 29.4 Å². The maximum Gasteiger partial charge on any atom is 0.162 e. The quantitative estimate of drug-likeness (QED) is 0.283. The molecule has 0 amide bonds. The topological polar surface area (TPSA) is 89.6 Å². The van der Waals surface area contributed by atoms with Crippen LogP contribution in [0, 0.1) is 11.6 Å². The van der Waals surface area contributed by atoms with Crippen LogP contribution >= 0.6 is 31.9 Å². The van der Waals surface area contributed by atoms with Crippen LogP contribution in [0.1, 0.15) is 71.3 Å². The van der Waals surface area contributed by atoms with Gasteiger partial charge < -0.3 is 0 Å². The van der Waals surface area contributed by atoms with Gasteiger partial charge in [-0.15, -0.1) is 0 Å². The van der Waals surface area contributed by atoms with Gasteiger partial charge in [0.15, 0.2) is 5.78 Å². The average molecular weight is 658 g/mol. The van der Waals surface area contributed by atoms with Crippen molar-refractivity contribution in [3.63, 3.8) is 0 Å². The van der Waals surface area contributed by atoms with Gasteiger partial charge in [0, 0.05) is 14.5 Å². The summed E-state index contributed by atoms with van der Waals surface area (Å²) in [7, 11) is -2.56. The zero-order valence-corrected chi connectivity index (χ0v) is 25.8. The zero-order valence-electron chi connectivity index (χ0n) is 21.0. The summed E-state index contributed by atoms with van der Waals surface area (Å²) in [6.45, 7) is 14.0. The van der Waals surface area contributed by atoms with Crippen LogP contribution in [0.25, 0.3) is 0 Å². The lowest BCUT2D eigenvalue weighted by atomic mass is 10.1. The van der Waals surface area contributed by atoms with Crippen LogP contribution in [0.15, 0.2) is 49.7 Å². The fourth-order valence-electron chi connectivity index (χ4n) is 1.85. The standard InChI is InChI=1S/C12H15BrFNOS.C8H6BrFO.C4H11NOS/c1-8(15-17(16)12(2,3)4)10-7-9(13)5-6-11(10)14;1-5(11)7-4-6(9)2-3-8(7)10;1-4(2,3)7(5)6/h5-7H,1-4H3;2-4H,1H3;5H2,1-3H3/t17-;;7-/m1.1/s1. The number of carbonyl (C=O) groups is 1. The van der Waals surface area contributed by atoms with E-state index in [2.05, 4.69) is 36.3 Å². The molecule has 0 aliphatic heterocycles. The molecule has 35 heavy (non-hydrogen) atoms. The Hall–Kier alpha value is -1.14. The zero-order chi connectivity index (χ0) is 27.7. The molecule has 0 unspecified atom stereocenters. The second-order valence-electron chi connectivity index (χ2n) is 9.25. The highest BCUT2D eigenvalue weighted by Crippen LogP contribution is 2.19. The van der Waals surface area contributed by atoms with Crippen molar-refractivity contribution in [3.05, 3.63) is 68.1 Å². The molecule has 5 nitrogen and oxygen atoms in total. The van der Waals surface area contributed by atoms with E-state index < -0.39 is 32.5 Å². The second kappa shape index (κ2) is 14.6. The Labute approximate surface area is 228 Å². The van der Waals surface area contributed by atoms with Crippen LogP contribution in [0.2, 0.25) is 0 Å². The molecule has 0 heterocycles. The van der Waals surface area contributed by atoms with Gasteiger partial charge in [-0.2, -0.15) is 4.40 Å². The molecular weight excluding hydrogens is 626 g/mol. The SMILES string of the molecule is CC(=N[S@](=O)C(C)(C)C)c1cc(Br)ccc1F.CC(=O)c1cc(Br)ccc1F.CC(C)(C)[S@](N)=O. The number of carbonyl (C=O) groups excluding carboxylic acids is 1. The van der Waals surface area contributed by atoms with E-state index in [-0.39, 0.29) is 21.9 Å². The van der Waals surface area contributed by atoms with Gasteiger partial charge >= 0.3 is 0 Å². The van der Waals surface area contributed by atoms with E-state index in [1.165, 1.54) is 25.1 Å². The maximum absolute atomic E-state index is 13.6. The largest absolute Gasteiger partial charge is 0.294 e. The highest BCUT2D eigenvalue weighted by molar-refractivity contribution is 9.10. The van der Waals surface area contributed by atoms with Gasteiger partial charge in [0.2, 0.25) is 0 Å². The molecule has 0 aliphatic rings. The van der Waals surface area contributed by atoms with Crippen LogP contribution < -0.4 is 5.14 Å². The Morgan fingerprint density at radius 1 is 0.829 bits per heavy atom. The van der Waals surface area contributed by atoms with Crippen molar-refractivity contribution in [2.75, 3.05) is 0 Å². The number of hydrogen-bond donors (Lipinski definition) is 1. The molecular formula is C24H32Br2F2N2O3S2. The Kier molecular flexibility index (Phi) is 14.1. The lowest BCUT2D eigenvalue weighted by Crippen LogP contribution is -2.27. The van der Waals surface area contributed by atoms with Gasteiger partial charge in [-0.3, -0.25) is 9.93 Å². The first-order chi connectivity index (χ1) is 15.8. The van der Waals surface area contributed by atoms with Gasteiger partial charge in [-0.25, -0.2) is 17.2 Å². The summed E-state index contributed by atoms with van der Waals surface area (Å²) in [5, 5.41) is 5.04. The third-order valence-electron chi connectivity index (χ3n) is 3.97. The molecule has 0 radical (unpaired) electrons. The molecule has 0 spiro atoms. The Balaban J connectivity index is 0.000000550. The number of halogens is 4. The third-order valence-corrected chi connectivity index (χ3v) is 7.65. The molecule has 2 N–H and O–H groups in total. The predicted molar refractivity (Wildman–Crippen MR) is 150 cm³/mol. The number of nitrogens with two attached hydrogens (primary N) is 1. The second-order valence-corrected chi connectivity index (χ2v) is 14.8. The molecule has 0 aromatic heterocycles. The van der Waals surface area contributed by atoms with Crippen molar-refractivity contribution in [2.45, 2.75) is 64.9 Å². The van der Waals surface area contributed by atoms with Gasteiger partial charge in [0.1, 0.15) is 22.6 Å². The summed E-state index contributed by atoms with van der Waals surface area (Å²) in [6.07, 6.45) is 0. The smallest absolute Gasteiger partial charge is 0.162 e. The molecule has 196 valence electrons. The van der Waals surface area contributed by atoms with Crippen molar-refractivity contribution in [1.82, 2.24) is 0 Å². The Morgan fingerprint density at radius 3 is 1.51 bits per heavy atom. The molecule has 2 atom stereocenters. The average Bonchev–Trinajstić information content (AvgIpc) is 2.70. The highest BCUT2D eigenvalue weighted by atomic mass is 79.9. The molecule has 0 saturated heterocycles. The summed E-state index contributed by atoms with van der Waals surface area (Å²) < 4.78 is 53.4. The van der Waals surface area contributed by atoms with Crippen molar-refractivity contribution in [1.29, 1.82) is 0 Å². The van der Waals surface area contributed by atoms with Crippen LogP contribution in [0.5, 0.6) is 0 Å². The van der Waals surface area contributed by atoms with E-state index in [0.717, 1.165) is 4.47 Å². The molecule has 0 saturated carbocycles. The minimum absolute atomic E-state index is 0.124. The first-order valence-corrected chi connectivity index (χ1v) is 14.2. The normalized spacial score (nSPS) is 13.6. The van der Waals surface area contributed by atoms with Gasteiger partial charge in [-0.05, 0) is 91.8 Å². The minimum Gasteiger partial charge on any atom is -0.294 e.